The second-order valence-electron chi connectivity index (χ2n) is 10.9. The Kier molecular flexibility index (Phi) is 8.27. The van der Waals surface area contributed by atoms with Gasteiger partial charge in [0.15, 0.2) is 0 Å². The highest BCUT2D eigenvalue weighted by atomic mass is 16.4. The fourth-order valence-electron chi connectivity index (χ4n) is 4.57. The lowest BCUT2D eigenvalue weighted by atomic mass is 9.70. The molecule has 2 aromatic carbocycles. The van der Waals surface area contributed by atoms with Crippen LogP contribution in [0.2, 0.25) is 0 Å². The average Bonchev–Trinajstić information content (AvgIpc) is 2.71. The van der Waals surface area contributed by atoms with Crippen molar-refractivity contribution in [3.05, 3.63) is 57.6 Å². The minimum Gasteiger partial charge on any atom is -0.507 e. The highest BCUT2D eigenvalue weighted by Gasteiger charge is 2.33. The molecule has 0 radical (unpaired) electrons. The van der Waals surface area contributed by atoms with E-state index in [1.807, 2.05) is 24.3 Å². The van der Waals surface area contributed by atoms with Gasteiger partial charge in [-0.1, -0.05) is 86.6 Å². The van der Waals surface area contributed by atoms with Gasteiger partial charge < -0.3 is 15.3 Å². The molecule has 0 saturated heterocycles. The van der Waals surface area contributed by atoms with Crippen LogP contribution >= 0.6 is 0 Å². The van der Waals surface area contributed by atoms with Crippen LogP contribution in [0.25, 0.3) is 0 Å². The Morgan fingerprint density at radius 1 is 0.697 bits per heavy atom. The summed E-state index contributed by atoms with van der Waals surface area (Å²) in [6.07, 6.45) is 0.447. The summed E-state index contributed by atoms with van der Waals surface area (Å²) in [6.45, 7) is 18.6. The van der Waals surface area contributed by atoms with Gasteiger partial charge in [-0.3, -0.25) is 4.79 Å². The summed E-state index contributed by atoms with van der Waals surface area (Å²) in [5.41, 5.74) is 4.93. The molecule has 182 valence electrons. The number of hydrogen-bond donors (Lipinski definition) is 3. The highest BCUT2D eigenvalue weighted by molar-refractivity contribution is 5.67. The maximum Gasteiger partial charge on any atom is 0.303 e. The average molecular weight is 455 g/mol. The molecule has 0 aliphatic carbocycles. The molecule has 0 aromatic heterocycles. The van der Waals surface area contributed by atoms with Crippen LogP contribution in [-0.4, -0.2) is 21.3 Å². The van der Waals surface area contributed by atoms with Gasteiger partial charge in [-0.15, -0.1) is 0 Å². The first-order valence-corrected chi connectivity index (χ1v) is 12.2. The highest BCUT2D eigenvalue weighted by Crippen LogP contribution is 2.45. The van der Waals surface area contributed by atoms with Gasteiger partial charge in [0, 0.05) is 11.8 Å². The number of hydrogen-bond acceptors (Lipinski definition) is 3. The van der Waals surface area contributed by atoms with Crippen LogP contribution in [0, 0.1) is 0 Å². The van der Waals surface area contributed by atoms with Crippen LogP contribution in [0.5, 0.6) is 11.5 Å². The van der Waals surface area contributed by atoms with Crippen molar-refractivity contribution in [3.63, 3.8) is 0 Å². The Hall–Kier alpha value is -2.49. The molecule has 4 heteroatoms. The summed E-state index contributed by atoms with van der Waals surface area (Å²) in [4.78, 5) is 11.6. The van der Waals surface area contributed by atoms with E-state index in [1.165, 1.54) is 0 Å². The van der Waals surface area contributed by atoms with E-state index in [2.05, 4.69) is 62.3 Å². The molecule has 3 N–H and O–H groups in total. The number of carbonyl (C=O) groups is 1. The van der Waals surface area contributed by atoms with E-state index in [9.17, 15) is 20.1 Å². The van der Waals surface area contributed by atoms with Crippen molar-refractivity contribution < 1.29 is 20.1 Å². The minimum absolute atomic E-state index is 0.0281. The van der Waals surface area contributed by atoms with Crippen molar-refractivity contribution in [2.45, 2.75) is 104 Å². The maximum atomic E-state index is 11.6. The SMILES string of the molecule is CC(C)c1cc(C(C)(CCC(=O)O)c2cc(C(C)C)c(O)c(C(C)C)c2)cc(C(C)C)c1O. The van der Waals surface area contributed by atoms with Crippen molar-refractivity contribution in [2.75, 3.05) is 0 Å². The van der Waals surface area contributed by atoms with Crippen molar-refractivity contribution in [1.29, 1.82) is 0 Å². The third kappa shape index (κ3) is 5.54. The lowest BCUT2D eigenvalue weighted by Crippen LogP contribution is -2.26. The smallest absolute Gasteiger partial charge is 0.303 e. The van der Waals surface area contributed by atoms with Gasteiger partial charge in [0.2, 0.25) is 0 Å². The van der Waals surface area contributed by atoms with E-state index >= 15 is 0 Å². The van der Waals surface area contributed by atoms with Crippen molar-refractivity contribution in [2.24, 2.45) is 0 Å². The van der Waals surface area contributed by atoms with E-state index in [0.29, 0.717) is 17.9 Å². The molecule has 0 bridgehead atoms. The summed E-state index contributed by atoms with van der Waals surface area (Å²) in [5, 5.41) is 31.5. The van der Waals surface area contributed by atoms with Crippen molar-refractivity contribution in [1.82, 2.24) is 0 Å². The molecular weight excluding hydrogens is 412 g/mol. The van der Waals surface area contributed by atoms with Gasteiger partial charge in [-0.2, -0.15) is 0 Å². The molecule has 0 atom stereocenters. The van der Waals surface area contributed by atoms with Crippen LogP contribution < -0.4 is 0 Å². The number of phenolic OH excluding ortho intramolecular Hbond substituents is 2. The third-order valence-electron chi connectivity index (χ3n) is 6.94. The van der Waals surface area contributed by atoms with Gasteiger partial charge in [0.05, 0.1) is 0 Å². The zero-order valence-corrected chi connectivity index (χ0v) is 21.8. The van der Waals surface area contributed by atoms with E-state index in [-0.39, 0.29) is 30.1 Å². The molecule has 0 aliphatic rings. The molecule has 2 aromatic rings. The third-order valence-corrected chi connectivity index (χ3v) is 6.94. The Balaban J connectivity index is 2.92. The lowest BCUT2D eigenvalue weighted by molar-refractivity contribution is -0.137. The fourth-order valence-corrected chi connectivity index (χ4v) is 4.57. The Bertz CT molecular complexity index is 871. The first-order valence-electron chi connectivity index (χ1n) is 12.2. The van der Waals surface area contributed by atoms with Gasteiger partial charge in [0.25, 0.3) is 0 Å². The molecule has 0 heterocycles. The van der Waals surface area contributed by atoms with Gasteiger partial charge in [0.1, 0.15) is 11.5 Å². The molecular formula is C29H42O4. The predicted molar refractivity (Wildman–Crippen MR) is 136 cm³/mol. The van der Waals surface area contributed by atoms with Gasteiger partial charge in [-0.05, 0) is 63.5 Å². The predicted octanol–water partition coefficient (Wildman–Crippen LogP) is 7.76. The minimum atomic E-state index is -0.833. The second-order valence-corrected chi connectivity index (χ2v) is 10.9. The molecule has 0 fully saturated rings. The van der Waals surface area contributed by atoms with Crippen molar-refractivity contribution in [3.8, 4) is 11.5 Å². The van der Waals surface area contributed by atoms with E-state index in [1.54, 1.807) is 0 Å². The normalized spacial score (nSPS) is 12.4. The van der Waals surface area contributed by atoms with Gasteiger partial charge >= 0.3 is 5.97 Å². The number of aliphatic carboxylic acids is 1. The molecule has 0 unspecified atom stereocenters. The van der Waals surface area contributed by atoms with Crippen LogP contribution in [0.4, 0.5) is 0 Å². The molecule has 33 heavy (non-hydrogen) atoms. The number of carboxylic acid groups (broad SMARTS) is 1. The number of rotatable bonds is 9. The monoisotopic (exact) mass is 454 g/mol. The summed E-state index contributed by atoms with van der Waals surface area (Å²) in [5.74, 6) is 0.348. The van der Waals surface area contributed by atoms with Crippen LogP contribution in [0.3, 0.4) is 0 Å². The molecule has 0 saturated carbocycles. The Labute approximate surface area is 199 Å². The summed E-state index contributed by atoms with van der Waals surface area (Å²) >= 11 is 0. The number of phenols is 2. The van der Waals surface area contributed by atoms with Crippen LogP contribution in [0.1, 0.15) is 132 Å². The first kappa shape index (κ1) is 26.8. The largest absolute Gasteiger partial charge is 0.507 e. The Morgan fingerprint density at radius 2 is 0.970 bits per heavy atom. The quantitative estimate of drug-likeness (QED) is 0.362. The first-order chi connectivity index (χ1) is 15.2. The number of carboxylic acids is 1. The topological polar surface area (TPSA) is 77.8 Å². The Morgan fingerprint density at radius 3 is 1.18 bits per heavy atom. The molecule has 2 rings (SSSR count). The molecule has 4 nitrogen and oxygen atoms in total. The number of benzene rings is 2. The van der Waals surface area contributed by atoms with E-state index in [4.69, 9.17) is 0 Å². The van der Waals surface area contributed by atoms with Crippen LogP contribution in [-0.2, 0) is 10.2 Å². The fraction of sp³-hybridized carbons (Fsp3) is 0.552. The van der Waals surface area contributed by atoms with Crippen LogP contribution in [0.15, 0.2) is 24.3 Å². The molecule has 0 aliphatic heterocycles. The zero-order valence-electron chi connectivity index (χ0n) is 21.8. The number of aromatic hydroxyl groups is 2. The van der Waals surface area contributed by atoms with Crippen molar-refractivity contribution >= 4 is 5.97 Å². The summed E-state index contributed by atoms with van der Waals surface area (Å²) in [7, 11) is 0. The summed E-state index contributed by atoms with van der Waals surface area (Å²) < 4.78 is 0. The van der Waals surface area contributed by atoms with Gasteiger partial charge in [-0.25, -0.2) is 0 Å². The standard InChI is InChI=1S/C29H42O4/c1-16(2)22-12-20(13-23(17(3)4)27(22)32)29(9,11-10-26(30)31)21-14-24(18(5)6)28(33)25(15-21)19(7)8/h12-19,32-33H,10-11H2,1-9H3,(H,30,31). The molecule has 0 amide bonds. The zero-order chi connectivity index (χ0) is 25.2. The maximum absolute atomic E-state index is 11.6. The lowest BCUT2D eigenvalue weighted by Gasteiger charge is -2.34. The van der Waals surface area contributed by atoms with E-state index < -0.39 is 11.4 Å². The second kappa shape index (κ2) is 10.2. The molecule has 0 spiro atoms. The van der Waals surface area contributed by atoms with E-state index in [0.717, 1.165) is 33.4 Å². The summed E-state index contributed by atoms with van der Waals surface area (Å²) in [6, 6.07) is 8.19.